The number of aromatic nitrogens is 2. The molecule has 0 bridgehead atoms. The number of hydrogen-bond acceptors (Lipinski definition) is 5. The maximum absolute atomic E-state index is 12.7. The molecule has 2 aromatic rings. The lowest BCUT2D eigenvalue weighted by molar-refractivity contribution is 0.471. The summed E-state index contributed by atoms with van der Waals surface area (Å²) < 4.78 is 18.1. The van der Waals surface area contributed by atoms with Gasteiger partial charge in [-0.3, -0.25) is 0 Å². The van der Waals surface area contributed by atoms with Crippen LogP contribution < -0.4 is 10.1 Å². The number of ether oxygens (including phenoxy) is 1. The van der Waals surface area contributed by atoms with Crippen LogP contribution in [0.2, 0.25) is 0 Å². The fraction of sp³-hybridized carbons (Fsp3) is 0.273. The highest BCUT2D eigenvalue weighted by Crippen LogP contribution is 2.24. The topological polar surface area (TPSA) is 47.0 Å². The van der Waals surface area contributed by atoms with Crippen molar-refractivity contribution in [1.29, 1.82) is 0 Å². The second kappa shape index (κ2) is 5.70. The molecule has 1 heterocycles. The Bertz CT molecular complexity index is 472. The summed E-state index contributed by atoms with van der Waals surface area (Å²) in [5.74, 6) is 0.264. The number of rotatable bonds is 5. The highest BCUT2D eigenvalue weighted by molar-refractivity contribution is 7.13. The lowest BCUT2D eigenvalue weighted by Crippen LogP contribution is -2.11. The number of hydrogen-bond donors (Lipinski definition) is 1. The van der Waals surface area contributed by atoms with E-state index in [0.29, 0.717) is 17.5 Å². The molecule has 17 heavy (non-hydrogen) atoms. The van der Waals surface area contributed by atoms with Crippen LogP contribution in [0.5, 0.6) is 10.9 Å². The van der Waals surface area contributed by atoms with Crippen LogP contribution in [0.15, 0.2) is 24.3 Å². The monoisotopic (exact) mass is 253 g/mol. The molecule has 0 aliphatic carbocycles. The summed E-state index contributed by atoms with van der Waals surface area (Å²) in [5, 5.41) is 12.4. The average Bonchev–Trinajstić information content (AvgIpc) is 2.77. The molecule has 0 spiro atoms. The van der Waals surface area contributed by atoms with Crippen LogP contribution in [-0.4, -0.2) is 16.7 Å². The molecule has 0 saturated heterocycles. The van der Waals surface area contributed by atoms with Crippen molar-refractivity contribution >= 4 is 11.3 Å². The summed E-state index contributed by atoms with van der Waals surface area (Å²) in [4.78, 5) is 0. The Morgan fingerprint density at radius 1 is 1.29 bits per heavy atom. The smallest absolute Gasteiger partial charge is 0.299 e. The molecule has 6 heteroatoms. The van der Waals surface area contributed by atoms with Crippen molar-refractivity contribution in [3.05, 3.63) is 35.1 Å². The van der Waals surface area contributed by atoms with Crippen LogP contribution >= 0.6 is 11.3 Å². The van der Waals surface area contributed by atoms with Crippen LogP contribution in [0, 0.1) is 5.82 Å². The Morgan fingerprint density at radius 3 is 2.76 bits per heavy atom. The van der Waals surface area contributed by atoms with Gasteiger partial charge in [-0.25, -0.2) is 4.39 Å². The lowest BCUT2D eigenvalue weighted by atomic mass is 10.3. The van der Waals surface area contributed by atoms with E-state index in [-0.39, 0.29) is 5.82 Å². The third-order valence-electron chi connectivity index (χ3n) is 1.99. The lowest BCUT2D eigenvalue weighted by Gasteiger charge is -1.99. The van der Waals surface area contributed by atoms with Crippen molar-refractivity contribution in [1.82, 2.24) is 15.5 Å². The number of halogens is 1. The average molecular weight is 253 g/mol. The Balaban J connectivity index is 1.98. The first-order valence-corrected chi connectivity index (χ1v) is 6.06. The highest BCUT2D eigenvalue weighted by Gasteiger charge is 2.05. The summed E-state index contributed by atoms with van der Waals surface area (Å²) in [5.41, 5.74) is 0. The second-order valence-corrected chi connectivity index (χ2v) is 4.32. The van der Waals surface area contributed by atoms with Crippen LogP contribution in [0.25, 0.3) is 0 Å². The van der Waals surface area contributed by atoms with Gasteiger partial charge >= 0.3 is 0 Å². The van der Waals surface area contributed by atoms with Gasteiger partial charge in [-0.2, -0.15) is 0 Å². The zero-order chi connectivity index (χ0) is 12.1. The van der Waals surface area contributed by atoms with Crippen molar-refractivity contribution < 1.29 is 9.13 Å². The Labute approximate surface area is 102 Å². The van der Waals surface area contributed by atoms with Crippen molar-refractivity contribution in [3.63, 3.8) is 0 Å². The number of nitrogens with one attached hydrogen (secondary N) is 1. The van der Waals surface area contributed by atoms with Gasteiger partial charge in [0.2, 0.25) is 0 Å². The molecule has 0 radical (unpaired) electrons. The zero-order valence-electron chi connectivity index (χ0n) is 9.31. The summed E-state index contributed by atoms with van der Waals surface area (Å²) in [7, 11) is 0. The maximum atomic E-state index is 12.7. The molecule has 1 aromatic carbocycles. The van der Waals surface area contributed by atoms with E-state index in [9.17, 15) is 4.39 Å². The largest absolute Gasteiger partial charge is 0.430 e. The van der Waals surface area contributed by atoms with E-state index in [0.717, 1.165) is 11.6 Å². The molecule has 0 saturated carbocycles. The van der Waals surface area contributed by atoms with Crippen LogP contribution in [-0.2, 0) is 6.54 Å². The van der Waals surface area contributed by atoms with Crippen LogP contribution in [0.3, 0.4) is 0 Å². The van der Waals surface area contributed by atoms with Crippen molar-refractivity contribution in [3.8, 4) is 10.9 Å². The highest BCUT2D eigenvalue weighted by atomic mass is 32.1. The van der Waals surface area contributed by atoms with E-state index in [1.807, 2.05) is 6.92 Å². The quantitative estimate of drug-likeness (QED) is 0.889. The molecule has 4 nitrogen and oxygen atoms in total. The van der Waals surface area contributed by atoms with Gasteiger partial charge in [0.1, 0.15) is 16.6 Å². The minimum atomic E-state index is -0.289. The Morgan fingerprint density at radius 2 is 2.06 bits per heavy atom. The molecule has 0 aliphatic rings. The first kappa shape index (κ1) is 11.9. The van der Waals surface area contributed by atoms with Gasteiger partial charge in [-0.15, -0.1) is 5.10 Å². The molecule has 0 unspecified atom stereocenters. The van der Waals surface area contributed by atoms with E-state index in [1.165, 1.54) is 23.5 Å². The van der Waals surface area contributed by atoms with E-state index >= 15 is 0 Å². The standard InChI is InChI=1S/C11H12FN3OS/c1-2-13-7-10-14-15-11(17-10)16-9-5-3-8(12)4-6-9/h3-6,13H,2,7H2,1H3. The van der Waals surface area contributed by atoms with Crippen molar-refractivity contribution in [2.75, 3.05) is 6.54 Å². The van der Waals surface area contributed by atoms with E-state index < -0.39 is 0 Å². The van der Waals surface area contributed by atoms with Crippen LogP contribution in [0.1, 0.15) is 11.9 Å². The summed E-state index contributed by atoms with van der Waals surface area (Å²) in [6, 6.07) is 5.80. The first-order chi connectivity index (χ1) is 8.28. The fourth-order valence-electron chi connectivity index (χ4n) is 1.19. The molecule has 0 aliphatic heterocycles. The van der Waals surface area contributed by atoms with E-state index in [1.54, 1.807) is 12.1 Å². The normalized spacial score (nSPS) is 10.5. The minimum absolute atomic E-state index is 0.289. The summed E-state index contributed by atoms with van der Waals surface area (Å²) in [6.45, 7) is 3.59. The molecule has 1 aromatic heterocycles. The molecule has 1 N–H and O–H groups in total. The SMILES string of the molecule is CCNCc1nnc(Oc2ccc(F)cc2)s1. The molecular formula is C11H12FN3OS. The second-order valence-electron chi connectivity index (χ2n) is 3.30. The zero-order valence-corrected chi connectivity index (χ0v) is 10.1. The van der Waals surface area contributed by atoms with Crippen LogP contribution in [0.4, 0.5) is 4.39 Å². The fourth-order valence-corrected chi connectivity index (χ4v) is 1.86. The number of benzene rings is 1. The maximum Gasteiger partial charge on any atom is 0.299 e. The minimum Gasteiger partial charge on any atom is -0.430 e. The Hall–Kier alpha value is -1.53. The van der Waals surface area contributed by atoms with E-state index in [2.05, 4.69) is 15.5 Å². The molecule has 0 atom stereocenters. The van der Waals surface area contributed by atoms with Gasteiger partial charge < -0.3 is 10.1 Å². The van der Waals surface area contributed by atoms with Gasteiger partial charge in [-0.05, 0) is 30.8 Å². The molecule has 2 rings (SSSR count). The van der Waals surface area contributed by atoms with Gasteiger partial charge in [0.05, 0.1) is 0 Å². The predicted octanol–water partition coefficient (Wildman–Crippen LogP) is 2.58. The van der Waals surface area contributed by atoms with Gasteiger partial charge in [0.25, 0.3) is 5.19 Å². The van der Waals surface area contributed by atoms with Gasteiger partial charge in [0.15, 0.2) is 0 Å². The van der Waals surface area contributed by atoms with Gasteiger partial charge in [-0.1, -0.05) is 23.4 Å². The molecule has 0 amide bonds. The Kier molecular flexibility index (Phi) is 4.00. The van der Waals surface area contributed by atoms with Crippen molar-refractivity contribution in [2.45, 2.75) is 13.5 Å². The predicted molar refractivity (Wildman–Crippen MR) is 63.8 cm³/mol. The third-order valence-corrected chi connectivity index (χ3v) is 2.79. The van der Waals surface area contributed by atoms with E-state index in [4.69, 9.17) is 4.74 Å². The first-order valence-electron chi connectivity index (χ1n) is 5.24. The summed E-state index contributed by atoms with van der Waals surface area (Å²) in [6.07, 6.45) is 0. The molecular weight excluding hydrogens is 241 g/mol. The third kappa shape index (κ3) is 3.47. The van der Waals surface area contributed by atoms with Crippen molar-refractivity contribution in [2.24, 2.45) is 0 Å². The van der Waals surface area contributed by atoms with Gasteiger partial charge in [0, 0.05) is 6.54 Å². The molecule has 90 valence electrons. The number of nitrogens with zero attached hydrogens (tertiary/aromatic N) is 2. The molecule has 0 fully saturated rings. The summed E-state index contributed by atoms with van der Waals surface area (Å²) >= 11 is 1.37.